The Bertz CT molecular complexity index is 782. The molecule has 0 saturated carbocycles. The van der Waals surface area contributed by atoms with Crippen LogP contribution < -0.4 is 4.72 Å². The third-order valence-corrected chi connectivity index (χ3v) is 4.62. The average Bonchev–Trinajstić information content (AvgIpc) is 2.43. The summed E-state index contributed by atoms with van der Waals surface area (Å²) in [6.45, 7) is 1.80. The van der Waals surface area contributed by atoms with Crippen molar-refractivity contribution in [2.75, 3.05) is 4.72 Å². The molecule has 0 atom stereocenters. The monoisotopic (exact) mass is 352 g/mol. The number of anilines is 1. The molecule has 0 unspecified atom stereocenters. The first kappa shape index (κ1) is 14.4. The van der Waals surface area contributed by atoms with E-state index in [1.165, 1.54) is 18.3 Å². The fourth-order valence-corrected chi connectivity index (χ4v) is 2.63. The highest BCUT2D eigenvalue weighted by atomic mass is 79.9. The largest absolute Gasteiger partial charge is 0.278 e. The molecular formula is C12H9BrN4O2S. The highest BCUT2D eigenvalue weighted by Crippen LogP contribution is 2.19. The molecule has 0 aliphatic carbocycles. The second kappa shape index (κ2) is 5.56. The van der Waals surface area contributed by atoms with Gasteiger partial charge in [-0.1, -0.05) is 0 Å². The first-order chi connectivity index (χ1) is 9.42. The third kappa shape index (κ3) is 3.12. The summed E-state index contributed by atoms with van der Waals surface area (Å²) >= 11 is 3.24. The highest BCUT2D eigenvalue weighted by molar-refractivity contribution is 9.10. The van der Waals surface area contributed by atoms with Crippen LogP contribution in [0.5, 0.6) is 0 Å². The Balaban J connectivity index is 2.30. The van der Waals surface area contributed by atoms with E-state index in [-0.39, 0.29) is 10.6 Å². The molecule has 0 aliphatic rings. The summed E-state index contributed by atoms with van der Waals surface area (Å²) in [6.07, 6.45) is 2.55. The molecule has 102 valence electrons. The van der Waals surface area contributed by atoms with Gasteiger partial charge >= 0.3 is 0 Å². The molecule has 1 N–H and O–H groups in total. The third-order valence-electron chi connectivity index (χ3n) is 2.43. The Kier molecular flexibility index (Phi) is 4.01. The van der Waals surface area contributed by atoms with E-state index in [1.54, 1.807) is 13.0 Å². The lowest BCUT2D eigenvalue weighted by Gasteiger charge is -2.08. The topological polar surface area (TPSA) is 95.7 Å². The first-order valence-electron chi connectivity index (χ1n) is 5.43. The summed E-state index contributed by atoms with van der Waals surface area (Å²) in [4.78, 5) is 7.73. The molecule has 2 heterocycles. The lowest BCUT2D eigenvalue weighted by molar-refractivity contribution is 0.601. The van der Waals surface area contributed by atoms with Gasteiger partial charge in [-0.25, -0.2) is 18.4 Å². The van der Waals surface area contributed by atoms with E-state index in [2.05, 4.69) is 30.6 Å². The zero-order chi connectivity index (χ0) is 14.8. The molecule has 2 aromatic rings. The molecule has 0 spiro atoms. The SMILES string of the molecule is Cc1cc(NS(=O)(=O)c2ccc(C#N)nc2)cnc1Br. The number of aryl methyl sites for hydroxylation is 1. The van der Waals surface area contributed by atoms with Crippen molar-refractivity contribution < 1.29 is 8.42 Å². The smallest absolute Gasteiger partial charge is 0.263 e. The molecule has 0 bridgehead atoms. The van der Waals surface area contributed by atoms with Gasteiger partial charge in [0.2, 0.25) is 0 Å². The number of aromatic nitrogens is 2. The predicted octanol–water partition coefficient (Wildman–Crippen LogP) is 2.22. The number of halogens is 1. The molecule has 0 aliphatic heterocycles. The van der Waals surface area contributed by atoms with E-state index in [0.29, 0.717) is 10.3 Å². The van der Waals surface area contributed by atoms with Gasteiger partial charge in [0.25, 0.3) is 10.0 Å². The fourth-order valence-electron chi connectivity index (χ4n) is 1.43. The van der Waals surface area contributed by atoms with Gasteiger partial charge in [0.05, 0.1) is 11.9 Å². The summed E-state index contributed by atoms with van der Waals surface area (Å²) in [5.41, 5.74) is 1.32. The molecule has 0 saturated heterocycles. The minimum Gasteiger partial charge on any atom is -0.278 e. The average molecular weight is 353 g/mol. The highest BCUT2D eigenvalue weighted by Gasteiger charge is 2.15. The van der Waals surface area contributed by atoms with Crippen LogP contribution in [0, 0.1) is 18.3 Å². The van der Waals surface area contributed by atoms with Crippen molar-refractivity contribution in [1.82, 2.24) is 9.97 Å². The molecule has 0 radical (unpaired) electrons. The van der Waals surface area contributed by atoms with Crippen LogP contribution in [0.15, 0.2) is 40.1 Å². The number of pyridine rings is 2. The Morgan fingerprint density at radius 3 is 2.60 bits per heavy atom. The van der Waals surface area contributed by atoms with E-state index >= 15 is 0 Å². The van der Waals surface area contributed by atoms with Crippen molar-refractivity contribution in [3.05, 3.63) is 46.5 Å². The van der Waals surface area contributed by atoms with Crippen LogP contribution in [0.4, 0.5) is 5.69 Å². The van der Waals surface area contributed by atoms with Crippen molar-refractivity contribution >= 4 is 31.6 Å². The summed E-state index contributed by atoms with van der Waals surface area (Å²) in [7, 11) is -3.75. The maximum Gasteiger partial charge on any atom is 0.263 e. The van der Waals surface area contributed by atoms with E-state index in [0.717, 1.165) is 11.8 Å². The molecule has 8 heteroatoms. The number of nitrogens with zero attached hydrogens (tertiary/aromatic N) is 3. The number of nitriles is 1. The Labute approximate surface area is 124 Å². The summed E-state index contributed by atoms with van der Waals surface area (Å²) < 4.78 is 27.3. The van der Waals surface area contributed by atoms with Crippen LogP contribution in [0.3, 0.4) is 0 Å². The zero-order valence-corrected chi connectivity index (χ0v) is 12.7. The van der Waals surface area contributed by atoms with Gasteiger partial charge in [0.1, 0.15) is 21.3 Å². The van der Waals surface area contributed by atoms with Crippen molar-refractivity contribution in [1.29, 1.82) is 5.26 Å². The molecule has 0 aromatic carbocycles. The van der Waals surface area contributed by atoms with E-state index in [9.17, 15) is 8.42 Å². The normalized spacial score (nSPS) is 10.8. The molecule has 6 nitrogen and oxygen atoms in total. The Hall–Kier alpha value is -1.98. The Morgan fingerprint density at radius 2 is 2.05 bits per heavy atom. The lowest BCUT2D eigenvalue weighted by Crippen LogP contribution is -2.13. The number of rotatable bonds is 3. The quantitative estimate of drug-likeness (QED) is 0.854. The van der Waals surface area contributed by atoms with Crippen molar-refractivity contribution in [2.45, 2.75) is 11.8 Å². The van der Waals surface area contributed by atoms with Crippen LogP contribution in [-0.2, 0) is 10.0 Å². The molecule has 2 rings (SSSR count). The second-order valence-electron chi connectivity index (χ2n) is 3.93. The number of hydrogen-bond donors (Lipinski definition) is 1. The van der Waals surface area contributed by atoms with E-state index < -0.39 is 10.0 Å². The predicted molar refractivity (Wildman–Crippen MR) is 76.4 cm³/mol. The Morgan fingerprint density at radius 1 is 1.30 bits per heavy atom. The molecule has 0 fully saturated rings. The van der Waals surface area contributed by atoms with Crippen molar-refractivity contribution in [2.24, 2.45) is 0 Å². The van der Waals surface area contributed by atoms with E-state index in [4.69, 9.17) is 5.26 Å². The minimum atomic E-state index is -3.75. The van der Waals surface area contributed by atoms with Crippen LogP contribution in [-0.4, -0.2) is 18.4 Å². The maximum absolute atomic E-state index is 12.1. The minimum absolute atomic E-state index is 0.0166. The molecular weight excluding hydrogens is 344 g/mol. The van der Waals surface area contributed by atoms with Crippen LogP contribution in [0.25, 0.3) is 0 Å². The second-order valence-corrected chi connectivity index (χ2v) is 6.36. The summed E-state index contributed by atoms with van der Waals surface area (Å²) in [5.74, 6) is 0. The van der Waals surface area contributed by atoms with Gasteiger partial charge in [-0.15, -0.1) is 0 Å². The van der Waals surface area contributed by atoms with Gasteiger partial charge in [0, 0.05) is 6.20 Å². The first-order valence-corrected chi connectivity index (χ1v) is 7.71. The number of hydrogen-bond acceptors (Lipinski definition) is 5. The van der Waals surface area contributed by atoms with Gasteiger partial charge < -0.3 is 0 Å². The van der Waals surface area contributed by atoms with Crippen LogP contribution in [0.2, 0.25) is 0 Å². The van der Waals surface area contributed by atoms with Gasteiger partial charge in [-0.05, 0) is 46.6 Å². The lowest BCUT2D eigenvalue weighted by atomic mass is 10.3. The number of sulfonamides is 1. The number of nitrogens with one attached hydrogen (secondary N) is 1. The molecule has 20 heavy (non-hydrogen) atoms. The molecule has 2 aromatic heterocycles. The van der Waals surface area contributed by atoms with Crippen LogP contribution in [0.1, 0.15) is 11.3 Å². The molecule has 0 amide bonds. The van der Waals surface area contributed by atoms with Crippen molar-refractivity contribution in [3.63, 3.8) is 0 Å². The fraction of sp³-hybridized carbons (Fsp3) is 0.0833. The summed E-state index contributed by atoms with van der Waals surface area (Å²) in [5, 5.41) is 8.63. The van der Waals surface area contributed by atoms with Gasteiger partial charge in [-0.3, -0.25) is 4.72 Å². The van der Waals surface area contributed by atoms with Gasteiger partial charge in [0.15, 0.2) is 0 Å². The van der Waals surface area contributed by atoms with E-state index in [1.807, 2.05) is 6.07 Å². The van der Waals surface area contributed by atoms with Crippen molar-refractivity contribution in [3.8, 4) is 6.07 Å². The standard InChI is InChI=1S/C12H9BrN4O2S/c1-8-4-10(6-16-12(8)13)17-20(18,19)11-3-2-9(5-14)15-7-11/h2-4,6-7,17H,1H3. The maximum atomic E-state index is 12.1. The van der Waals surface area contributed by atoms with Gasteiger partial charge in [-0.2, -0.15) is 5.26 Å². The van der Waals surface area contributed by atoms with Crippen LogP contribution >= 0.6 is 15.9 Å². The zero-order valence-electron chi connectivity index (χ0n) is 10.3. The summed E-state index contributed by atoms with van der Waals surface area (Å²) in [6, 6.07) is 6.16.